The molecule has 0 N–H and O–H groups in total. The molecule has 2 heteroatoms. The number of rotatable bonds is 3. The SMILES string of the molecule is CC(C)CCn1ccc2ccc(C#N)cc21. The van der Waals surface area contributed by atoms with Gasteiger partial charge in [0, 0.05) is 18.3 Å². The van der Waals surface area contributed by atoms with Crippen LogP contribution in [0.25, 0.3) is 10.9 Å². The normalized spacial score (nSPS) is 10.9. The molecule has 0 saturated carbocycles. The summed E-state index contributed by atoms with van der Waals surface area (Å²) < 4.78 is 2.23. The van der Waals surface area contributed by atoms with Gasteiger partial charge in [0.25, 0.3) is 0 Å². The highest BCUT2D eigenvalue weighted by Crippen LogP contribution is 2.18. The quantitative estimate of drug-likeness (QED) is 0.764. The smallest absolute Gasteiger partial charge is 0.0992 e. The molecule has 0 unspecified atom stereocenters. The van der Waals surface area contributed by atoms with Gasteiger partial charge in [0.05, 0.1) is 11.6 Å². The van der Waals surface area contributed by atoms with Crippen molar-refractivity contribution in [3.8, 4) is 6.07 Å². The fraction of sp³-hybridized carbons (Fsp3) is 0.357. The minimum Gasteiger partial charge on any atom is -0.347 e. The van der Waals surface area contributed by atoms with Crippen LogP contribution < -0.4 is 0 Å². The van der Waals surface area contributed by atoms with Crippen LogP contribution in [0.5, 0.6) is 0 Å². The summed E-state index contributed by atoms with van der Waals surface area (Å²) in [5.74, 6) is 0.705. The van der Waals surface area contributed by atoms with E-state index in [4.69, 9.17) is 5.26 Å². The van der Waals surface area contributed by atoms with Gasteiger partial charge >= 0.3 is 0 Å². The molecule has 2 rings (SSSR count). The number of hydrogen-bond donors (Lipinski definition) is 0. The fourth-order valence-electron chi connectivity index (χ4n) is 1.85. The molecule has 1 aromatic heterocycles. The van der Waals surface area contributed by atoms with E-state index in [-0.39, 0.29) is 0 Å². The molecule has 2 aromatic rings. The first-order chi connectivity index (χ1) is 7.70. The molecule has 0 aliphatic rings. The van der Waals surface area contributed by atoms with Crippen molar-refractivity contribution in [1.82, 2.24) is 4.57 Å². The number of nitriles is 1. The average molecular weight is 212 g/mol. The molecule has 16 heavy (non-hydrogen) atoms. The largest absolute Gasteiger partial charge is 0.347 e. The molecule has 0 aliphatic heterocycles. The van der Waals surface area contributed by atoms with Crippen molar-refractivity contribution in [2.75, 3.05) is 0 Å². The van der Waals surface area contributed by atoms with Crippen LogP contribution >= 0.6 is 0 Å². The van der Waals surface area contributed by atoms with E-state index in [9.17, 15) is 0 Å². The van der Waals surface area contributed by atoms with E-state index in [2.05, 4.69) is 36.7 Å². The second-order valence-corrected chi connectivity index (χ2v) is 4.58. The van der Waals surface area contributed by atoms with E-state index in [1.54, 1.807) is 0 Å². The zero-order chi connectivity index (χ0) is 11.5. The molecule has 0 saturated heterocycles. The molecular formula is C14H16N2. The van der Waals surface area contributed by atoms with Crippen molar-refractivity contribution in [1.29, 1.82) is 5.26 Å². The Morgan fingerprint density at radius 3 is 2.81 bits per heavy atom. The first-order valence-corrected chi connectivity index (χ1v) is 5.69. The Morgan fingerprint density at radius 2 is 2.12 bits per heavy atom. The molecule has 0 aliphatic carbocycles. The number of benzene rings is 1. The molecule has 0 radical (unpaired) electrons. The predicted molar refractivity (Wildman–Crippen MR) is 66.1 cm³/mol. The second kappa shape index (κ2) is 4.40. The summed E-state index contributed by atoms with van der Waals surface area (Å²) in [7, 11) is 0. The predicted octanol–water partition coefficient (Wildman–Crippen LogP) is 3.56. The van der Waals surface area contributed by atoms with Crippen LogP contribution in [0.1, 0.15) is 25.8 Å². The lowest BCUT2D eigenvalue weighted by molar-refractivity contribution is 0.524. The Morgan fingerprint density at radius 1 is 1.31 bits per heavy atom. The standard InChI is InChI=1S/C14H16N2/c1-11(2)5-7-16-8-6-13-4-3-12(10-15)9-14(13)16/h3-4,6,8-9,11H,5,7H2,1-2H3. The van der Waals surface area contributed by atoms with Gasteiger partial charge in [0.15, 0.2) is 0 Å². The molecule has 2 nitrogen and oxygen atoms in total. The third kappa shape index (κ3) is 2.09. The molecule has 82 valence electrons. The van der Waals surface area contributed by atoms with Gasteiger partial charge in [-0.3, -0.25) is 0 Å². The summed E-state index contributed by atoms with van der Waals surface area (Å²) in [4.78, 5) is 0. The minimum absolute atomic E-state index is 0.705. The fourth-order valence-corrected chi connectivity index (χ4v) is 1.85. The van der Waals surface area contributed by atoms with E-state index in [0.717, 1.165) is 12.1 Å². The molecule has 0 fully saturated rings. The Kier molecular flexibility index (Phi) is 2.96. The van der Waals surface area contributed by atoms with Gasteiger partial charge in [0.1, 0.15) is 0 Å². The van der Waals surface area contributed by atoms with Gasteiger partial charge in [-0.15, -0.1) is 0 Å². The number of aromatic nitrogens is 1. The van der Waals surface area contributed by atoms with Gasteiger partial charge in [0.2, 0.25) is 0 Å². The van der Waals surface area contributed by atoms with Crippen LogP contribution in [0.15, 0.2) is 30.5 Å². The zero-order valence-corrected chi connectivity index (χ0v) is 9.77. The van der Waals surface area contributed by atoms with Gasteiger partial charge in [-0.25, -0.2) is 0 Å². The molecule has 0 atom stereocenters. The first-order valence-electron chi connectivity index (χ1n) is 5.69. The molecule has 0 amide bonds. The molecule has 0 spiro atoms. The summed E-state index contributed by atoms with van der Waals surface area (Å²) in [6, 6.07) is 10.1. The average Bonchev–Trinajstić information content (AvgIpc) is 2.68. The van der Waals surface area contributed by atoms with Crippen molar-refractivity contribution in [2.24, 2.45) is 5.92 Å². The second-order valence-electron chi connectivity index (χ2n) is 4.58. The third-order valence-corrected chi connectivity index (χ3v) is 2.85. The number of nitrogens with zero attached hydrogens (tertiary/aromatic N) is 2. The highest BCUT2D eigenvalue weighted by atomic mass is 14.9. The topological polar surface area (TPSA) is 28.7 Å². The van der Waals surface area contributed by atoms with Gasteiger partial charge in [-0.05, 0) is 35.9 Å². The monoisotopic (exact) mass is 212 g/mol. The Balaban J connectivity index is 2.35. The van der Waals surface area contributed by atoms with E-state index in [0.29, 0.717) is 5.92 Å². The summed E-state index contributed by atoms with van der Waals surface area (Å²) >= 11 is 0. The van der Waals surface area contributed by atoms with Crippen molar-refractivity contribution >= 4 is 10.9 Å². The van der Waals surface area contributed by atoms with Crippen LogP contribution in [0, 0.1) is 17.2 Å². The van der Waals surface area contributed by atoms with Gasteiger partial charge in [-0.2, -0.15) is 5.26 Å². The number of fused-ring (bicyclic) bond motifs is 1. The Bertz CT molecular complexity index is 529. The maximum Gasteiger partial charge on any atom is 0.0992 e. The van der Waals surface area contributed by atoms with E-state index in [1.807, 2.05) is 18.2 Å². The lowest BCUT2D eigenvalue weighted by Gasteiger charge is -2.07. The lowest BCUT2D eigenvalue weighted by atomic mass is 10.1. The highest BCUT2D eigenvalue weighted by molar-refractivity contribution is 5.81. The highest BCUT2D eigenvalue weighted by Gasteiger charge is 2.03. The molecule has 0 bridgehead atoms. The molecule has 1 heterocycles. The van der Waals surface area contributed by atoms with Crippen LogP contribution in [-0.2, 0) is 6.54 Å². The Labute approximate surface area is 96.1 Å². The van der Waals surface area contributed by atoms with Crippen LogP contribution in [0.2, 0.25) is 0 Å². The Hall–Kier alpha value is -1.75. The number of hydrogen-bond acceptors (Lipinski definition) is 1. The summed E-state index contributed by atoms with van der Waals surface area (Å²) in [6.07, 6.45) is 3.27. The molecule has 1 aromatic carbocycles. The van der Waals surface area contributed by atoms with Crippen molar-refractivity contribution in [2.45, 2.75) is 26.8 Å². The van der Waals surface area contributed by atoms with E-state index >= 15 is 0 Å². The maximum atomic E-state index is 8.88. The third-order valence-electron chi connectivity index (χ3n) is 2.85. The number of aryl methyl sites for hydroxylation is 1. The van der Waals surface area contributed by atoms with E-state index < -0.39 is 0 Å². The van der Waals surface area contributed by atoms with Gasteiger partial charge in [-0.1, -0.05) is 19.9 Å². The first kappa shape index (κ1) is 10.8. The zero-order valence-electron chi connectivity index (χ0n) is 9.77. The van der Waals surface area contributed by atoms with Crippen LogP contribution in [0.4, 0.5) is 0 Å². The maximum absolute atomic E-state index is 8.88. The van der Waals surface area contributed by atoms with E-state index in [1.165, 1.54) is 17.3 Å². The van der Waals surface area contributed by atoms with Crippen molar-refractivity contribution < 1.29 is 0 Å². The van der Waals surface area contributed by atoms with Crippen molar-refractivity contribution in [3.05, 3.63) is 36.0 Å². The lowest BCUT2D eigenvalue weighted by Crippen LogP contribution is -1.99. The summed E-state index contributed by atoms with van der Waals surface area (Å²) in [5.41, 5.74) is 1.90. The van der Waals surface area contributed by atoms with Crippen molar-refractivity contribution in [3.63, 3.8) is 0 Å². The van der Waals surface area contributed by atoms with Crippen LogP contribution in [0.3, 0.4) is 0 Å². The summed E-state index contributed by atoms with van der Waals surface area (Å²) in [5, 5.41) is 10.1. The van der Waals surface area contributed by atoms with Crippen LogP contribution in [-0.4, -0.2) is 4.57 Å². The summed E-state index contributed by atoms with van der Waals surface area (Å²) in [6.45, 7) is 5.48. The van der Waals surface area contributed by atoms with Gasteiger partial charge < -0.3 is 4.57 Å². The minimum atomic E-state index is 0.705. The molecular weight excluding hydrogens is 196 g/mol.